The largest absolute Gasteiger partial charge is 0.493 e. The molecule has 0 saturated carbocycles. The summed E-state index contributed by atoms with van der Waals surface area (Å²) in [5, 5.41) is 0. The van der Waals surface area contributed by atoms with Crippen LogP contribution in [0.1, 0.15) is 35.2 Å². The highest BCUT2D eigenvalue weighted by Gasteiger charge is 2.22. The molecule has 0 radical (unpaired) electrons. The SMILES string of the molecule is Cc1ccccc1OCCCN(C)C(=O)c1cccc(N2CCCC2=O)c1. The molecule has 2 aromatic rings. The Hall–Kier alpha value is -2.82. The molecule has 27 heavy (non-hydrogen) atoms. The summed E-state index contributed by atoms with van der Waals surface area (Å²) in [4.78, 5) is 28.1. The number of hydrogen-bond acceptors (Lipinski definition) is 3. The van der Waals surface area contributed by atoms with Crippen LogP contribution in [0.15, 0.2) is 48.5 Å². The van der Waals surface area contributed by atoms with Crippen molar-refractivity contribution in [1.29, 1.82) is 0 Å². The highest BCUT2D eigenvalue weighted by atomic mass is 16.5. The van der Waals surface area contributed by atoms with Gasteiger partial charge in [-0.2, -0.15) is 0 Å². The number of amides is 2. The summed E-state index contributed by atoms with van der Waals surface area (Å²) in [5.41, 5.74) is 2.52. The van der Waals surface area contributed by atoms with Gasteiger partial charge in [-0.15, -0.1) is 0 Å². The number of hydrogen-bond donors (Lipinski definition) is 0. The van der Waals surface area contributed by atoms with Gasteiger partial charge < -0.3 is 14.5 Å². The van der Waals surface area contributed by atoms with Crippen LogP contribution in [0.4, 0.5) is 5.69 Å². The van der Waals surface area contributed by atoms with E-state index in [1.54, 1.807) is 22.9 Å². The minimum absolute atomic E-state index is 0.0422. The van der Waals surface area contributed by atoms with Crippen LogP contribution >= 0.6 is 0 Å². The third-order valence-corrected chi connectivity index (χ3v) is 4.81. The van der Waals surface area contributed by atoms with Crippen molar-refractivity contribution in [1.82, 2.24) is 4.90 Å². The number of benzene rings is 2. The first-order valence-electron chi connectivity index (χ1n) is 9.40. The van der Waals surface area contributed by atoms with E-state index in [9.17, 15) is 9.59 Å². The Balaban J connectivity index is 1.53. The molecule has 1 aliphatic heterocycles. The lowest BCUT2D eigenvalue weighted by Gasteiger charge is -2.20. The van der Waals surface area contributed by atoms with Crippen LogP contribution in [0.3, 0.4) is 0 Å². The van der Waals surface area contributed by atoms with Gasteiger partial charge in [-0.3, -0.25) is 9.59 Å². The van der Waals surface area contributed by atoms with Crippen molar-refractivity contribution in [3.8, 4) is 5.75 Å². The van der Waals surface area contributed by atoms with E-state index < -0.39 is 0 Å². The first-order valence-corrected chi connectivity index (χ1v) is 9.40. The Labute approximate surface area is 160 Å². The van der Waals surface area contributed by atoms with Gasteiger partial charge in [-0.05, 0) is 49.6 Å². The zero-order valence-corrected chi connectivity index (χ0v) is 16.0. The minimum Gasteiger partial charge on any atom is -0.493 e. The third-order valence-electron chi connectivity index (χ3n) is 4.81. The van der Waals surface area contributed by atoms with E-state index in [4.69, 9.17) is 4.74 Å². The minimum atomic E-state index is -0.0422. The second-order valence-corrected chi connectivity index (χ2v) is 6.89. The molecule has 142 valence electrons. The summed E-state index contributed by atoms with van der Waals surface area (Å²) in [6.07, 6.45) is 2.21. The number of rotatable bonds is 7. The fraction of sp³-hybridized carbons (Fsp3) is 0.364. The number of nitrogens with zero attached hydrogens (tertiary/aromatic N) is 2. The Morgan fingerprint density at radius 1 is 1.19 bits per heavy atom. The lowest BCUT2D eigenvalue weighted by Crippen LogP contribution is -2.29. The average molecular weight is 366 g/mol. The van der Waals surface area contributed by atoms with Crippen LogP contribution in [0, 0.1) is 6.92 Å². The molecule has 0 atom stereocenters. The Bertz CT molecular complexity index is 819. The molecule has 1 saturated heterocycles. The van der Waals surface area contributed by atoms with E-state index in [2.05, 4.69) is 0 Å². The molecule has 0 unspecified atom stereocenters. The summed E-state index contributed by atoms with van der Waals surface area (Å²) < 4.78 is 5.79. The first-order chi connectivity index (χ1) is 13.1. The highest BCUT2D eigenvalue weighted by molar-refractivity contribution is 5.99. The standard InChI is InChI=1S/C22H26N2O3/c1-17-8-3-4-11-20(17)27-15-7-13-23(2)22(26)18-9-5-10-19(16-18)24-14-6-12-21(24)25/h3-5,8-11,16H,6-7,12-15H2,1-2H3. The molecule has 5 nitrogen and oxygen atoms in total. The van der Waals surface area contributed by atoms with Gasteiger partial charge >= 0.3 is 0 Å². The number of para-hydroxylation sites is 1. The van der Waals surface area contributed by atoms with Gasteiger partial charge in [0, 0.05) is 37.8 Å². The van der Waals surface area contributed by atoms with E-state index in [1.807, 2.05) is 49.4 Å². The monoisotopic (exact) mass is 366 g/mol. The van der Waals surface area contributed by atoms with Gasteiger partial charge in [0.25, 0.3) is 5.91 Å². The zero-order valence-electron chi connectivity index (χ0n) is 16.0. The number of ether oxygens (including phenoxy) is 1. The van der Waals surface area contributed by atoms with E-state index in [1.165, 1.54) is 0 Å². The number of carbonyl (C=O) groups excluding carboxylic acids is 2. The molecule has 2 aromatic carbocycles. The predicted molar refractivity (Wildman–Crippen MR) is 106 cm³/mol. The third kappa shape index (κ3) is 4.67. The van der Waals surface area contributed by atoms with Crippen molar-refractivity contribution in [3.63, 3.8) is 0 Å². The lowest BCUT2D eigenvalue weighted by atomic mass is 10.1. The summed E-state index contributed by atoms with van der Waals surface area (Å²) in [7, 11) is 1.80. The number of carbonyl (C=O) groups is 2. The average Bonchev–Trinajstić information content (AvgIpc) is 3.12. The molecule has 0 N–H and O–H groups in total. The fourth-order valence-corrected chi connectivity index (χ4v) is 3.25. The normalized spacial score (nSPS) is 13.7. The lowest BCUT2D eigenvalue weighted by molar-refractivity contribution is -0.117. The van der Waals surface area contributed by atoms with Crippen LogP contribution in [0.25, 0.3) is 0 Å². The maximum atomic E-state index is 12.7. The smallest absolute Gasteiger partial charge is 0.253 e. The zero-order chi connectivity index (χ0) is 19.2. The topological polar surface area (TPSA) is 49.9 Å². The van der Waals surface area contributed by atoms with Gasteiger partial charge in [-0.1, -0.05) is 24.3 Å². The van der Waals surface area contributed by atoms with Gasteiger partial charge in [0.05, 0.1) is 6.61 Å². The number of anilines is 1. The molecule has 0 aliphatic carbocycles. The van der Waals surface area contributed by atoms with E-state index in [0.29, 0.717) is 25.1 Å². The van der Waals surface area contributed by atoms with Crippen molar-refractivity contribution in [3.05, 3.63) is 59.7 Å². The van der Waals surface area contributed by atoms with Crippen LogP contribution in [-0.4, -0.2) is 43.5 Å². The van der Waals surface area contributed by atoms with Crippen LogP contribution in [0.5, 0.6) is 5.75 Å². The van der Waals surface area contributed by atoms with Gasteiger partial charge in [0.2, 0.25) is 5.91 Å². The van der Waals surface area contributed by atoms with E-state index >= 15 is 0 Å². The molecule has 1 fully saturated rings. The Morgan fingerprint density at radius 3 is 2.74 bits per heavy atom. The maximum Gasteiger partial charge on any atom is 0.253 e. The molecule has 3 rings (SSSR count). The predicted octanol–water partition coefficient (Wildman–Crippen LogP) is 3.66. The molecule has 5 heteroatoms. The van der Waals surface area contributed by atoms with E-state index in [-0.39, 0.29) is 11.8 Å². The van der Waals surface area contributed by atoms with Crippen LogP contribution in [-0.2, 0) is 4.79 Å². The van der Waals surface area contributed by atoms with E-state index in [0.717, 1.165) is 36.4 Å². The Morgan fingerprint density at radius 2 is 2.00 bits per heavy atom. The van der Waals surface area contributed by atoms with Gasteiger partial charge in [0.15, 0.2) is 0 Å². The van der Waals surface area contributed by atoms with Crippen molar-refractivity contribution < 1.29 is 14.3 Å². The molecule has 0 aromatic heterocycles. The molecular weight excluding hydrogens is 340 g/mol. The van der Waals surface area contributed by atoms with Gasteiger partial charge in [-0.25, -0.2) is 0 Å². The fourth-order valence-electron chi connectivity index (χ4n) is 3.25. The van der Waals surface area contributed by atoms with Crippen molar-refractivity contribution in [2.75, 3.05) is 31.6 Å². The Kier molecular flexibility index (Phi) is 6.12. The van der Waals surface area contributed by atoms with Crippen LogP contribution in [0.2, 0.25) is 0 Å². The highest BCUT2D eigenvalue weighted by Crippen LogP contribution is 2.23. The molecule has 0 bridgehead atoms. The van der Waals surface area contributed by atoms with Gasteiger partial charge in [0.1, 0.15) is 5.75 Å². The summed E-state index contributed by atoms with van der Waals surface area (Å²) in [5.74, 6) is 0.968. The summed E-state index contributed by atoms with van der Waals surface area (Å²) in [6, 6.07) is 15.2. The summed E-state index contributed by atoms with van der Waals surface area (Å²) >= 11 is 0. The molecular formula is C22H26N2O3. The number of aryl methyl sites for hydroxylation is 1. The second-order valence-electron chi connectivity index (χ2n) is 6.89. The quantitative estimate of drug-likeness (QED) is 0.703. The molecule has 1 aliphatic rings. The molecule has 0 spiro atoms. The maximum absolute atomic E-state index is 12.7. The second kappa shape index (κ2) is 8.71. The van der Waals surface area contributed by atoms with Crippen molar-refractivity contribution >= 4 is 17.5 Å². The molecule has 1 heterocycles. The first kappa shape index (κ1) is 19.0. The molecule has 2 amide bonds. The van der Waals surface area contributed by atoms with Crippen molar-refractivity contribution in [2.24, 2.45) is 0 Å². The van der Waals surface area contributed by atoms with Crippen LogP contribution < -0.4 is 9.64 Å². The van der Waals surface area contributed by atoms with Crippen molar-refractivity contribution in [2.45, 2.75) is 26.2 Å². The summed E-state index contributed by atoms with van der Waals surface area (Å²) in [6.45, 7) is 3.91.